The fourth-order valence-electron chi connectivity index (χ4n) is 1.29. The van der Waals surface area contributed by atoms with Crippen LogP contribution in [0.3, 0.4) is 0 Å². The molecule has 2 N–H and O–H groups in total. The summed E-state index contributed by atoms with van der Waals surface area (Å²) in [5.74, 6) is 0. The molecule has 0 amide bonds. The second-order valence-corrected chi connectivity index (χ2v) is 3.25. The van der Waals surface area contributed by atoms with Gasteiger partial charge >= 0.3 is 0 Å². The van der Waals surface area contributed by atoms with Gasteiger partial charge in [0.1, 0.15) is 0 Å². The maximum atomic E-state index is 5.47. The molecule has 0 aliphatic heterocycles. The van der Waals surface area contributed by atoms with Crippen LogP contribution < -0.4 is 5.73 Å². The summed E-state index contributed by atoms with van der Waals surface area (Å²) in [5, 5.41) is 0. The number of nitrogens with two attached hydrogens (primary N) is 1. The van der Waals surface area contributed by atoms with Gasteiger partial charge in [-0.2, -0.15) is 0 Å². The van der Waals surface area contributed by atoms with Crippen LogP contribution in [0.5, 0.6) is 0 Å². The van der Waals surface area contributed by atoms with Crippen LogP contribution in [0.2, 0.25) is 0 Å². The van der Waals surface area contributed by atoms with E-state index in [0.717, 1.165) is 24.7 Å². The van der Waals surface area contributed by atoms with Crippen LogP contribution in [0, 0.1) is 0 Å². The molecule has 0 unspecified atom stereocenters. The first-order chi connectivity index (χ1) is 5.27. The van der Waals surface area contributed by atoms with Crippen molar-refractivity contribution in [3.8, 4) is 0 Å². The summed E-state index contributed by atoms with van der Waals surface area (Å²) in [5.41, 5.74) is 6.62. The quantitative estimate of drug-likeness (QED) is 0.598. The average molecular weight is 154 g/mol. The Labute approximate surface area is 69.1 Å². The molecule has 1 aliphatic carbocycles. The Morgan fingerprint density at radius 3 is 2.64 bits per heavy atom. The fraction of sp³-hybridized carbons (Fsp3) is 0.778. The van der Waals surface area contributed by atoms with Crippen LogP contribution in [0.15, 0.2) is 12.2 Å². The van der Waals surface area contributed by atoms with Gasteiger partial charge in [-0.15, -0.1) is 0 Å². The van der Waals surface area contributed by atoms with E-state index in [-0.39, 0.29) is 0 Å². The molecular formula is C9H18N2. The van der Waals surface area contributed by atoms with Crippen molar-refractivity contribution in [3.05, 3.63) is 12.2 Å². The summed E-state index contributed by atoms with van der Waals surface area (Å²) in [6.07, 6.45) is 2.73. The van der Waals surface area contributed by atoms with Crippen molar-refractivity contribution in [2.75, 3.05) is 19.6 Å². The van der Waals surface area contributed by atoms with Crippen molar-refractivity contribution in [2.45, 2.75) is 25.8 Å². The van der Waals surface area contributed by atoms with E-state index in [1.54, 1.807) is 0 Å². The van der Waals surface area contributed by atoms with Gasteiger partial charge in [-0.3, -0.25) is 4.90 Å². The van der Waals surface area contributed by atoms with Gasteiger partial charge in [0.15, 0.2) is 0 Å². The first-order valence-corrected chi connectivity index (χ1v) is 4.38. The van der Waals surface area contributed by atoms with Gasteiger partial charge in [0, 0.05) is 19.1 Å². The third-order valence-corrected chi connectivity index (χ3v) is 2.18. The zero-order chi connectivity index (χ0) is 8.27. The molecule has 0 bridgehead atoms. The number of rotatable bonds is 5. The van der Waals surface area contributed by atoms with Gasteiger partial charge in [-0.05, 0) is 25.0 Å². The van der Waals surface area contributed by atoms with Crippen molar-refractivity contribution in [1.29, 1.82) is 0 Å². The summed E-state index contributed by atoms with van der Waals surface area (Å²) in [6.45, 7) is 8.86. The van der Waals surface area contributed by atoms with Crippen LogP contribution in [0.4, 0.5) is 0 Å². The number of nitrogens with zero attached hydrogens (tertiary/aromatic N) is 1. The maximum Gasteiger partial charge on any atom is 0.0205 e. The molecule has 0 aromatic rings. The van der Waals surface area contributed by atoms with E-state index >= 15 is 0 Å². The van der Waals surface area contributed by atoms with Gasteiger partial charge in [-0.25, -0.2) is 0 Å². The highest BCUT2D eigenvalue weighted by atomic mass is 15.2. The Bertz CT molecular complexity index is 138. The second kappa shape index (κ2) is 3.88. The van der Waals surface area contributed by atoms with Crippen molar-refractivity contribution >= 4 is 0 Å². The van der Waals surface area contributed by atoms with Gasteiger partial charge < -0.3 is 5.73 Å². The SMILES string of the molecule is C=C(CN)CN(CC)C1CC1. The first-order valence-electron chi connectivity index (χ1n) is 4.38. The predicted molar refractivity (Wildman–Crippen MR) is 48.5 cm³/mol. The van der Waals surface area contributed by atoms with Crippen LogP contribution >= 0.6 is 0 Å². The Hall–Kier alpha value is -0.340. The monoisotopic (exact) mass is 154 g/mol. The highest BCUT2D eigenvalue weighted by Crippen LogP contribution is 2.26. The first kappa shape index (κ1) is 8.75. The highest BCUT2D eigenvalue weighted by Gasteiger charge is 2.27. The Morgan fingerprint density at radius 2 is 2.27 bits per heavy atom. The Morgan fingerprint density at radius 1 is 1.64 bits per heavy atom. The minimum atomic E-state index is 0.628. The normalized spacial score (nSPS) is 17.4. The Kier molecular flexibility index (Phi) is 3.09. The zero-order valence-electron chi connectivity index (χ0n) is 7.34. The molecule has 0 aromatic carbocycles. The van der Waals surface area contributed by atoms with Crippen LogP contribution in [-0.2, 0) is 0 Å². The van der Waals surface area contributed by atoms with Gasteiger partial charge in [0.25, 0.3) is 0 Å². The Balaban J connectivity index is 2.25. The molecule has 1 aliphatic rings. The van der Waals surface area contributed by atoms with E-state index in [4.69, 9.17) is 5.73 Å². The number of hydrogen-bond acceptors (Lipinski definition) is 2. The number of hydrogen-bond donors (Lipinski definition) is 1. The molecule has 1 rings (SSSR count). The van der Waals surface area contributed by atoms with Gasteiger partial charge in [0.2, 0.25) is 0 Å². The lowest BCUT2D eigenvalue weighted by molar-refractivity contribution is 0.301. The molecule has 0 heterocycles. The summed E-state index contributed by atoms with van der Waals surface area (Å²) in [4.78, 5) is 2.45. The molecule has 2 nitrogen and oxygen atoms in total. The standard InChI is InChI=1S/C9H18N2/c1-3-11(9-4-5-9)7-8(2)6-10/h9H,2-7,10H2,1H3. The summed E-state index contributed by atoms with van der Waals surface area (Å²) < 4.78 is 0. The second-order valence-electron chi connectivity index (χ2n) is 3.25. The molecule has 11 heavy (non-hydrogen) atoms. The van der Waals surface area contributed by atoms with E-state index in [2.05, 4.69) is 18.4 Å². The lowest BCUT2D eigenvalue weighted by atomic mass is 10.3. The molecule has 1 fully saturated rings. The zero-order valence-corrected chi connectivity index (χ0v) is 7.34. The molecule has 2 heteroatoms. The maximum absolute atomic E-state index is 5.47. The van der Waals surface area contributed by atoms with Gasteiger partial charge in [0.05, 0.1) is 0 Å². The number of likely N-dealkylation sites (N-methyl/N-ethyl adjacent to an activating group) is 1. The molecule has 0 radical (unpaired) electrons. The fourth-order valence-corrected chi connectivity index (χ4v) is 1.29. The summed E-state index contributed by atoms with van der Waals surface area (Å²) in [7, 11) is 0. The summed E-state index contributed by atoms with van der Waals surface area (Å²) >= 11 is 0. The van der Waals surface area contributed by atoms with E-state index in [1.165, 1.54) is 12.8 Å². The smallest absolute Gasteiger partial charge is 0.0205 e. The van der Waals surface area contributed by atoms with Crippen molar-refractivity contribution in [3.63, 3.8) is 0 Å². The molecule has 0 saturated heterocycles. The van der Waals surface area contributed by atoms with E-state index in [9.17, 15) is 0 Å². The van der Waals surface area contributed by atoms with Crippen molar-refractivity contribution < 1.29 is 0 Å². The van der Waals surface area contributed by atoms with Crippen molar-refractivity contribution in [2.24, 2.45) is 5.73 Å². The lowest BCUT2D eigenvalue weighted by Crippen LogP contribution is -2.29. The van der Waals surface area contributed by atoms with Crippen molar-refractivity contribution in [1.82, 2.24) is 4.90 Å². The minimum absolute atomic E-state index is 0.628. The largest absolute Gasteiger partial charge is 0.327 e. The highest BCUT2D eigenvalue weighted by molar-refractivity contribution is 5.01. The predicted octanol–water partition coefficient (Wildman–Crippen LogP) is 0.986. The third kappa shape index (κ3) is 2.64. The van der Waals surface area contributed by atoms with Crippen LogP contribution in [-0.4, -0.2) is 30.6 Å². The molecule has 0 spiro atoms. The third-order valence-electron chi connectivity index (χ3n) is 2.18. The molecule has 0 aromatic heterocycles. The molecule has 0 atom stereocenters. The molecule has 64 valence electrons. The summed E-state index contributed by atoms with van der Waals surface area (Å²) in [6, 6.07) is 0.836. The van der Waals surface area contributed by atoms with Crippen LogP contribution in [0.1, 0.15) is 19.8 Å². The molecular weight excluding hydrogens is 136 g/mol. The molecule has 1 saturated carbocycles. The van der Waals surface area contributed by atoms with Crippen LogP contribution in [0.25, 0.3) is 0 Å². The minimum Gasteiger partial charge on any atom is -0.327 e. The topological polar surface area (TPSA) is 29.3 Å². The van der Waals surface area contributed by atoms with E-state index in [0.29, 0.717) is 6.54 Å². The van der Waals surface area contributed by atoms with E-state index < -0.39 is 0 Å². The van der Waals surface area contributed by atoms with E-state index in [1.807, 2.05) is 0 Å². The van der Waals surface area contributed by atoms with Gasteiger partial charge in [-0.1, -0.05) is 13.5 Å². The average Bonchev–Trinajstić information content (AvgIpc) is 2.82. The lowest BCUT2D eigenvalue weighted by Gasteiger charge is -2.20.